The standard InChI is InChI=1S/C13H24N2S/c1-8-16-10-12(1)9-15-7-4-13(11-15)2-5-14-6-3-13/h12,14H,1-11H2. The first-order valence-corrected chi connectivity index (χ1v) is 8.03. The number of hydrogen-bond acceptors (Lipinski definition) is 3. The second-order valence-electron chi connectivity index (χ2n) is 5.96. The Kier molecular flexibility index (Phi) is 3.46. The van der Waals surface area contributed by atoms with Gasteiger partial charge in [-0.3, -0.25) is 0 Å². The summed E-state index contributed by atoms with van der Waals surface area (Å²) in [6.07, 6.45) is 5.77. The normalized spacial score (nSPS) is 34.9. The van der Waals surface area contributed by atoms with Crippen molar-refractivity contribution in [3.05, 3.63) is 0 Å². The predicted octanol–water partition coefficient (Wildman–Crippen LogP) is 1.81. The Hall–Kier alpha value is 0.270. The molecule has 0 aromatic heterocycles. The van der Waals surface area contributed by atoms with Crippen molar-refractivity contribution in [3.8, 4) is 0 Å². The number of nitrogens with zero attached hydrogens (tertiary/aromatic N) is 1. The Morgan fingerprint density at radius 2 is 2.12 bits per heavy atom. The van der Waals surface area contributed by atoms with E-state index in [2.05, 4.69) is 22.0 Å². The summed E-state index contributed by atoms with van der Waals surface area (Å²) in [6.45, 7) is 6.68. The summed E-state index contributed by atoms with van der Waals surface area (Å²) in [4.78, 5) is 2.77. The van der Waals surface area contributed by atoms with E-state index < -0.39 is 0 Å². The molecule has 0 amide bonds. The molecule has 0 aromatic rings. The molecule has 3 rings (SSSR count). The van der Waals surface area contributed by atoms with E-state index in [1.807, 2.05) is 0 Å². The van der Waals surface area contributed by atoms with Gasteiger partial charge in [-0.2, -0.15) is 11.8 Å². The third-order valence-electron chi connectivity index (χ3n) is 4.72. The number of rotatable bonds is 2. The van der Waals surface area contributed by atoms with Gasteiger partial charge in [-0.25, -0.2) is 0 Å². The molecule has 0 saturated carbocycles. The molecule has 3 heteroatoms. The summed E-state index contributed by atoms with van der Waals surface area (Å²) in [5, 5.41) is 3.50. The fourth-order valence-corrected chi connectivity index (χ4v) is 4.91. The summed E-state index contributed by atoms with van der Waals surface area (Å²) in [6, 6.07) is 0. The molecule has 3 saturated heterocycles. The zero-order chi connectivity index (χ0) is 10.8. The van der Waals surface area contributed by atoms with Gasteiger partial charge in [0, 0.05) is 13.1 Å². The third-order valence-corrected chi connectivity index (χ3v) is 5.95. The number of thioether (sulfide) groups is 1. The molecule has 2 nitrogen and oxygen atoms in total. The van der Waals surface area contributed by atoms with Crippen molar-refractivity contribution in [2.24, 2.45) is 11.3 Å². The van der Waals surface area contributed by atoms with Crippen molar-refractivity contribution < 1.29 is 0 Å². The van der Waals surface area contributed by atoms with Crippen LogP contribution in [-0.4, -0.2) is 49.1 Å². The van der Waals surface area contributed by atoms with Gasteiger partial charge in [0.2, 0.25) is 0 Å². The van der Waals surface area contributed by atoms with Gasteiger partial charge in [0.05, 0.1) is 0 Å². The van der Waals surface area contributed by atoms with Gasteiger partial charge < -0.3 is 10.2 Å². The van der Waals surface area contributed by atoms with Crippen LogP contribution in [-0.2, 0) is 0 Å². The summed E-state index contributed by atoms with van der Waals surface area (Å²) in [5.74, 6) is 3.83. The largest absolute Gasteiger partial charge is 0.317 e. The van der Waals surface area contributed by atoms with Gasteiger partial charge >= 0.3 is 0 Å². The van der Waals surface area contributed by atoms with Crippen LogP contribution in [0.25, 0.3) is 0 Å². The van der Waals surface area contributed by atoms with Crippen LogP contribution in [0.15, 0.2) is 0 Å². The maximum atomic E-state index is 3.50. The van der Waals surface area contributed by atoms with E-state index in [0.717, 1.165) is 5.92 Å². The van der Waals surface area contributed by atoms with Crippen LogP contribution in [0, 0.1) is 11.3 Å². The van der Waals surface area contributed by atoms with E-state index in [1.54, 1.807) is 0 Å². The topological polar surface area (TPSA) is 15.3 Å². The molecule has 3 heterocycles. The van der Waals surface area contributed by atoms with Gasteiger partial charge in [-0.15, -0.1) is 0 Å². The van der Waals surface area contributed by atoms with Gasteiger partial charge in [0.25, 0.3) is 0 Å². The molecule has 16 heavy (non-hydrogen) atoms. The second-order valence-corrected chi connectivity index (χ2v) is 7.11. The molecule has 0 aliphatic carbocycles. The molecule has 3 aliphatic rings. The fraction of sp³-hybridized carbons (Fsp3) is 1.00. The monoisotopic (exact) mass is 240 g/mol. The van der Waals surface area contributed by atoms with Gasteiger partial charge in [0.1, 0.15) is 0 Å². The van der Waals surface area contributed by atoms with Gasteiger partial charge in [-0.05, 0) is 68.2 Å². The summed E-state index contributed by atoms with van der Waals surface area (Å²) in [7, 11) is 0. The highest BCUT2D eigenvalue weighted by Crippen LogP contribution is 2.39. The van der Waals surface area contributed by atoms with Crippen molar-refractivity contribution in [2.45, 2.75) is 25.7 Å². The Bertz CT molecular complexity index is 232. The van der Waals surface area contributed by atoms with Crippen molar-refractivity contribution in [2.75, 3.05) is 44.2 Å². The van der Waals surface area contributed by atoms with E-state index in [0.29, 0.717) is 5.41 Å². The quantitative estimate of drug-likeness (QED) is 0.792. The first-order chi connectivity index (χ1) is 7.86. The highest BCUT2D eigenvalue weighted by Gasteiger charge is 2.39. The molecule has 0 radical (unpaired) electrons. The van der Waals surface area contributed by atoms with Crippen LogP contribution >= 0.6 is 11.8 Å². The Labute approximate surface area is 104 Å². The van der Waals surface area contributed by atoms with Crippen LogP contribution in [0.2, 0.25) is 0 Å². The van der Waals surface area contributed by atoms with Crippen molar-refractivity contribution in [3.63, 3.8) is 0 Å². The molecule has 92 valence electrons. The Balaban J connectivity index is 1.51. The van der Waals surface area contributed by atoms with Gasteiger partial charge in [-0.1, -0.05) is 0 Å². The molecule has 1 N–H and O–H groups in total. The highest BCUT2D eigenvalue weighted by molar-refractivity contribution is 7.99. The molecule has 0 bridgehead atoms. The van der Waals surface area contributed by atoms with Crippen LogP contribution in [0.3, 0.4) is 0 Å². The second kappa shape index (κ2) is 4.87. The summed E-state index contributed by atoms with van der Waals surface area (Å²) in [5.41, 5.74) is 0.705. The fourth-order valence-electron chi connectivity index (χ4n) is 3.64. The maximum absolute atomic E-state index is 3.50. The van der Waals surface area contributed by atoms with Crippen LogP contribution in [0.5, 0.6) is 0 Å². The van der Waals surface area contributed by atoms with Crippen molar-refractivity contribution in [1.82, 2.24) is 10.2 Å². The smallest absolute Gasteiger partial charge is 0.00395 e. The predicted molar refractivity (Wildman–Crippen MR) is 71.0 cm³/mol. The van der Waals surface area contributed by atoms with E-state index in [4.69, 9.17) is 0 Å². The summed E-state index contributed by atoms with van der Waals surface area (Å²) < 4.78 is 0. The van der Waals surface area contributed by atoms with E-state index >= 15 is 0 Å². The lowest BCUT2D eigenvalue weighted by Crippen LogP contribution is -2.39. The minimum Gasteiger partial charge on any atom is -0.317 e. The van der Waals surface area contributed by atoms with Crippen LogP contribution in [0.4, 0.5) is 0 Å². The SMILES string of the molecule is C1CC2(CCN1)CCN(CC1CCSC1)C2. The average Bonchev–Trinajstić information content (AvgIpc) is 2.92. The number of nitrogens with one attached hydrogen (secondary N) is 1. The zero-order valence-electron chi connectivity index (χ0n) is 10.2. The molecular weight excluding hydrogens is 216 g/mol. The summed E-state index contributed by atoms with van der Waals surface area (Å²) >= 11 is 2.16. The number of hydrogen-bond donors (Lipinski definition) is 1. The molecule has 0 aromatic carbocycles. The lowest BCUT2D eigenvalue weighted by atomic mass is 9.78. The zero-order valence-corrected chi connectivity index (χ0v) is 11.0. The van der Waals surface area contributed by atoms with E-state index in [-0.39, 0.29) is 0 Å². The first-order valence-electron chi connectivity index (χ1n) is 6.87. The van der Waals surface area contributed by atoms with Gasteiger partial charge in [0.15, 0.2) is 0 Å². The molecule has 1 spiro atoms. The molecule has 1 unspecified atom stereocenters. The lowest BCUT2D eigenvalue weighted by molar-refractivity contribution is 0.188. The molecule has 3 aliphatic heterocycles. The lowest BCUT2D eigenvalue weighted by Gasteiger charge is -2.34. The van der Waals surface area contributed by atoms with Crippen molar-refractivity contribution >= 4 is 11.8 Å². The number of likely N-dealkylation sites (tertiary alicyclic amines) is 1. The maximum Gasteiger partial charge on any atom is 0.00395 e. The molecule has 3 fully saturated rings. The average molecular weight is 240 g/mol. The molecule has 1 atom stereocenters. The Morgan fingerprint density at radius 3 is 2.88 bits per heavy atom. The molecular formula is C13H24N2S. The highest BCUT2D eigenvalue weighted by atomic mass is 32.2. The third kappa shape index (κ3) is 2.41. The first kappa shape index (κ1) is 11.4. The van der Waals surface area contributed by atoms with Crippen molar-refractivity contribution in [1.29, 1.82) is 0 Å². The Morgan fingerprint density at radius 1 is 1.25 bits per heavy atom. The van der Waals surface area contributed by atoms with Crippen LogP contribution in [0.1, 0.15) is 25.7 Å². The number of piperidine rings is 1. The van der Waals surface area contributed by atoms with E-state index in [9.17, 15) is 0 Å². The van der Waals surface area contributed by atoms with Crippen LogP contribution < -0.4 is 5.32 Å². The minimum atomic E-state index is 0.705. The van der Waals surface area contributed by atoms with E-state index in [1.165, 1.54) is 69.9 Å². The minimum absolute atomic E-state index is 0.705.